The van der Waals surface area contributed by atoms with Crippen LogP contribution in [-0.2, 0) is 16.1 Å². The summed E-state index contributed by atoms with van der Waals surface area (Å²) < 4.78 is 0.724. The van der Waals surface area contributed by atoms with E-state index in [9.17, 15) is 9.59 Å². The fourth-order valence-electron chi connectivity index (χ4n) is 2.07. The summed E-state index contributed by atoms with van der Waals surface area (Å²) in [5, 5.41) is 0. The van der Waals surface area contributed by atoms with Gasteiger partial charge in [0.2, 0.25) is 11.8 Å². The number of rotatable bonds is 4. The largest absolute Gasteiger partial charge is 0.339 e. The molecule has 0 aromatic carbocycles. The third-order valence-electron chi connectivity index (χ3n) is 3.20. The number of likely N-dealkylation sites (tertiary alicyclic amines) is 1. The average molecular weight is 301 g/mol. The van der Waals surface area contributed by atoms with Crippen molar-refractivity contribution in [1.82, 2.24) is 9.80 Å². The fourth-order valence-corrected chi connectivity index (χ4v) is 3.21. The zero-order chi connectivity index (χ0) is 13.8. The monoisotopic (exact) mass is 300 g/mol. The summed E-state index contributed by atoms with van der Waals surface area (Å²) in [6.45, 7) is 1.43. The Labute approximate surface area is 121 Å². The standard InChI is InChI=1S/C13H17ClN2O2S/c1-15(8-10-5-6-11(14)19-10)13(18)9-16-7-3-2-4-12(16)17/h5-6H,2-4,7-9H2,1H3. The number of carbonyl (C=O) groups is 2. The van der Waals surface area contributed by atoms with Gasteiger partial charge in [-0.05, 0) is 25.0 Å². The Kier molecular flexibility index (Phi) is 4.82. The Balaban J connectivity index is 1.86. The van der Waals surface area contributed by atoms with E-state index in [0.29, 0.717) is 19.5 Å². The second-order valence-electron chi connectivity index (χ2n) is 4.73. The summed E-state index contributed by atoms with van der Waals surface area (Å²) in [7, 11) is 1.75. The number of nitrogens with zero attached hydrogens (tertiary/aromatic N) is 2. The Morgan fingerprint density at radius 3 is 2.89 bits per heavy atom. The van der Waals surface area contributed by atoms with Crippen LogP contribution >= 0.6 is 22.9 Å². The SMILES string of the molecule is CN(Cc1ccc(Cl)s1)C(=O)CN1CCCCC1=O. The molecular formula is C13H17ClN2O2S. The molecule has 1 saturated heterocycles. The Morgan fingerprint density at radius 2 is 2.26 bits per heavy atom. The summed E-state index contributed by atoms with van der Waals surface area (Å²) in [5.41, 5.74) is 0. The number of carbonyl (C=O) groups excluding carboxylic acids is 2. The molecule has 2 amide bonds. The van der Waals surface area contributed by atoms with Crippen molar-refractivity contribution < 1.29 is 9.59 Å². The van der Waals surface area contributed by atoms with Crippen LogP contribution in [0, 0.1) is 0 Å². The molecule has 1 aliphatic rings. The van der Waals surface area contributed by atoms with Crippen LogP contribution in [0.25, 0.3) is 0 Å². The lowest BCUT2D eigenvalue weighted by Gasteiger charge is -2.28. The van der Waals surface area contributed by atoms with Gasteiger partial charge >= 0.3 is 0 Å². The Morgan fingerprint density at radius 1 is 1.47 bits per heavy atom. The van der Waals surface area contributed by atoms with E-state index in [0.717, 1.165) is 22.1 Å². The lowest BCUT2D eigenvalue weighted by Crippen LogP contribution is -2.43. The highest BCUT2D eigenvalue weighted by atomic mass is 35.5. The topological polar surface area (TPSA) is 40.6 Å². The molecule has 2 rings (SSSR count). The molecule has 0 bridgehead atoms. The molecule has 2 heterocycles. The molecule has 0 radical (unpaired) electrons. The smallest absolute Gasteiger partial charge is 0.242 e. The Bertz CT molecular complexity index is 475. The van der Waals surface area contributed by atoms with E-state index in [2.05, 4.69) is 0 Å². The zero-order valence-electron chi connectivity index (χ0n) is 10.9. The molecule has 1 fully saturated rings. The first kappa shape index (κ1) is 14.3. The van der Waals surface area contributed by atoms with Crippen molar-refractivity contribution in [2.75, 3.05) is 20.1 Å². The molecule has 1 aromatic rings. The van der Waals surface area contributed by atoms with Gasteiger partial charge in [-0.2, -0.15) is 0 Å². The number of halogens is 1. The third kappa shape index (κ3) is 3.94. The molecule has 0 spiro atoms. The van der Waals surface area contributed by atoms with E-state index in [1.165, 1.54) is 11.3 Å². The molecule has 4 nitrogen and oxygen atoms in total. The van der Waals surface area contributed by atoms with E-state index in [-0.39, 0.29) is 18.4 Å². The van der Waals surface area contributed by atoms with E-state index >= 15 is 0 Å². The predicted octanol–water partition coefficient (Wildman–Crippen LogP) is 2.37. The van der Waals surface area contributed by atoms with Crippen molar-refractivity contribution in [2.24, 2.45) is 0 Å². The van der Waals surface area contributed by atoms with Crippen LogP contribution in [0.15, 0.2) is 12.1 Å². The van der Waals surface area contributed by atoms with Gasteiger partial charge in [-0.1, -0.05) is 11.6 Å². The molecule has 1 aliphatic heterocycles. The summed E-state index contributed by atoms with van der Waals surface area (Å²) in [5.74, 6) is 0.0620. The van der Waals surface area contributed by atoms with Crippen LogP contribution in [0.3, 0.4) is 0 Å². The second-order valence-corrected chi connectivity index (χ2v) is 6.53. The van der Waals surface area contributed by atoms with Crippen LogP contribution in [-0.4, -0.2) is 41.8 Å². The van der Waals surface area contributed by atoms with Crippen molar-refractivity contribution in [3.63, 3.8) is 0 Å². The lowest BCUT2D eigenvalue weighted by atomic mass is 10.1. The van der Waals surface area contributed by atoms with Gasteiger partial charge in [0, 0.05) is 24.9 Å². The molecule has 0 unspecified atom stereocenters. The Hall–Kier alpha value is -1.07. The van der Waals surface area contributed by atoms with Crippen molar-refractivity contribution >= 4 is 34.8 Å². The van der Waals surface area contributed by atoms with E-state index in [1.807, 2.05) is 12.1 Å². The van der Waals surface area contributed by atoms with Crippen molar-refractivity contribution in [1.29, 1.82) is 0 Å². The highest BCUT2D eigenvalue weighted by Gasteiger charge is 2.22. The fraction of sp³-hybridized carbons (Fsp3) is 0.538. The zero-order valence-corrected chi connectivity index (χ0v) is 12.5. The van der Waals surface area contributed by atoms with E-state index in [4.69, 9.17) is 11.6 Å². The van der Waals surface area contributed by atoms with Crippen LogP contribution < -0.4 is 0 Å². The van der Waals surface area contributed by atoms with Crippen molar-refractivity contribution in [2.45, 2.75) is 25.8 Å². The predicted molar refractivity (Wildman–Crippen MR) is 76.2 cm³/mol. The number of likely N-dealkylation sites (N-methyl/N-ethyl adjacent to an activating group) is 1. The normalized spacial score (nSPS) is 15.7. The first-order valence-electron chi connectivity index (χ1n) is 6.32. The summed E-state index contributed by atoms with van der Waals surface area (Å²) >= 11 is 7.33. The number of hydrogen-bond acceptors (Lipinski definition) is 3. The van der Waals surface area contributed by atoms with Crippen LogP contribution in [0.1, 0.15) is 24.1 Å². The van der Waals surface area contributed by atoms with Gasteiger partial charge in [0.25, 0.3) is 0 Å². The lowest BCUT2D eigenvalue weighted by molar-refractivity contribution is -0.141. The highest BCUT2D eigenvalue weighted by molar-refractivity contribution is 7.16. The minimum Gasteiger partial charge on any atom is -0.339 e. The maximum Gasteiger partial charge on any atom is 0.242 e. The van der Waals surface area contributed by atoms with E-state index < -0.39 is 0 Å². The minimum absolute atomic E-state index is 0.0280. The third-order valence-corrected chi connectivity index (χ3v) is 4.41. The quantitative estimate of drug-likeness (QED) is 0.856. The maximum absolute atomic E-state index is 12.1. The summed E-state index contributed by atoms with van der Waals surface area (Å²) in [6, 6.07) is 3.75. The first-order chi connectivity index (χ1) is 9.06. The van der Waals surface area contributed by atoms with Crippen molar-refractivity contribution in [3.8, 4) is 0 Å². The first-order valence-corrected chi connectivity index (χ1v) is 7.51. The van der Waals surface area contributed by atoms with Gasteiger partial charge in [-0.25, -0.2) is 0 Å². The number of hydrogen-bond donors (Lipinski definition) is 0. The summed E-state index contributed by atoms with van der Waals surface area (Å²) in [4.78, 5) is 28.1. The average Bonchev–Trinajstić information content (AvgIpc) is 2.77. The molecule has 104 valence electrons. The van der Waals surface area contributed by atoms with Crippen LogP contribution in [0.4, 0.5) is 0 Å². The van der Waals surface area contributed by atoms with Gasteiger partial charge in [0.1, 0.15) is 0 Å². The second kappa shape index (κ2) is 6.39. The molecule has 0 aliphatic carbocycles. The van der Waals surface area contributed by atoms with Gasteiger partial charge in [-0.3, -0.25) is 9.59 Å². The van der Waals surface area contributed by atoms with Crippen LogP contribution in [0.2, 0.25) is 4.34 Å². The molecule has 0 atom stereocenters. The number of piperidine rings is 1. The van der Waals surface area contributed by atoms with Crippen LogP contribution in [0.5, 0.6) is 0 Å². The minimum atomic E-state index is -0.0280. The molecule has 6 heteroatoms. The molecular weight excluding hydrogens is 284 g/mol. The van der Waals surface area contributed by atoms with E-state index in [1.54, 1.807) is 16.8 Å². The highest BCUT2D eigenvalue weighted by Crippen LogP contribution is 2.22. The summed E-state index contributed by atoms with van der Waals surface area (Å²) in [6.07, 6.45) is 2.49. The van der Waals surface area contributed by atoms with Gasteiger partial charge in [-0.15, -0.1) is 11.3 Å². The molecule has 0 N–H and O–H groups in total. The van der Waals surface area contributed by atoms with Gasteiger partial charge in [0.15, 0.2) is 0 Å². The van der Waals surface area contributed by atoms with Gasteiger partial charge < -0.3 is 9.80 Å². The molecule has 1 aromatic heterocycles. The number of thiophene rings is 1. The van der Waals surface area contributed by atoms with Crippen molar-refractivity contribution in [3.05, 3.63) is 21.3 Å². The van der Waals surface area contributed by atoms with Gasteiger partial charge in [0.05, 0.1) is 17.4 Å². The molecule has 0 saturated carbocycles. The molecule has 19 heavy (non-hydrogen) atoms. The number of amides is 2. The maximum atomic E-state index is 12.1.